The lowest BCUT2D eigenvalue weighted by Crippen LogP contribution is -2.48. The number of hydrogen-bond acceptors (Lipinski definition) is 7. The fraction of sp³-hybridized carbons (Fsp3) is 0.393. The lowest BCUT2D eigenvalue weighted by molar-refractivity contribution is 0.0639. The maximum Gasteiger partial charge on any atom is 0.256 e. The maximum absolute atomic E-state index is 15.0. The molecule has 1 saturated heterocycles. The summed E-state index contributed by atoms with van der Waals surface area (Å²) >= 11 is 0. The molecular weight excluding hydrogens is 509 g/mol. The van der Waals surface area contributed by atoms with Crippen molar-refractivity contribution < 1.29 is 22.7 Å². The minimum absolute atomic E-state index is 0.00402. The summed E-state index contributed by atoms with van der Waals surface area (Å²) in [5, 5.41) is 2.86. The van der Waals surface area contributed by atoms with Crippen LogP contribution in [0.2, 0.25) is 0 Å². The number of amides is 1. The fourth-order valence-corrected chi connectivity index (χ4v) is 4.94. The summed E-state index contributed by atoms with van der Waals surface area (Å²) in [5.74, 6) is -2.26. The van der Waals surface area contributed by atoms with Gasteiger partial charge in [0.05, 0.1) is 24.0 Å². The van der Waals surface area contributed by atoms with Crippen molar-refractivity contribution in [3.63, 3.8) is 0 Å². The summed E-state index contributed by atoms with van der Waals surface area (Å²) in [6, 6.07) is 7.04. The number of benzene rings is 2. The summed E-state index contributed by atoms with van der Waals surface area (Å²) in [6.45, 7) is 10.5. The summed E-state index contributed by atoms with van der Waals surface area (Å²) in [6.07, 6.45) is 0.975. The average molecular weight is 541 g/mol. The van der Waals surface area contributed by atoms with E-state index >= 15 is 0 Å². The maximum atomic E-state index is 15.0. The molecule has 2 aromatic carbocycles. The van der Waals surface area contributed by atoms with E-state index in [1.807, 2.05) is 18.7 Å². The highest BCUT2D eigenvalue weighted by molar-refractivity contribution is 5.95. The van der Waals surface area contributed by atoms with Crippen molar-refractivity contribution in [2.45, 2.75) is 26.8 Å². The van der Waals surface area contributed by atoms with Crippen molar-refractivity contribution in [2.24, 2.45) is 0 Å². The molecule has 0 unspecified atom stereocenters. The number of fused-ring (bicyclic) bond motifs is 1. The third-order valence-corrected chi connectivity index (χ3v) is 7.12. The standard InChI is InChI=1S/C28H31F3N6O2/c1-4-35-7-9-36(10-8-35)27(38)20-6-5-19(15-21(20)29)33-28-32-16-23(31)25(34-28)18-13-22(30)26-24(14-18)37(17(2)3)11-12-39-26/h5-6,13-17H,4,7-12H2,1-3H3,(H,32,33,34). The molecule has 1 amide bonds. The van der Waals surface area contributed by atoms with Gasteiger partial charge < -0.3 is 24.8 Å². The van der Waals surface area contributed by atoms with E-state index in [0.29, 0.717) is 31.9 Å². The van der Waals surface area contributed by atoms with E-state index in [9.17, 15) is 18.0 Å². The third-order valence-electron chi connectivity index (χ3n) is 7.12. The van der Waals surface area contributed by atoms with Crippen LogP contribution in [-0.2, 0) is 0 Å². The highest BCUT2D eigenvalue weighted by Gasteiger charge is 2.26. The zero-order valence-electron chi connectivity index (χ0n) is 22.2. The monoisotopic (exact) mass is 540 g/mol. The molecule has 1 N–H and O–H groups in total. The molecule has 0 saturated carbocycles. The van der Waals surface area contributed by atoms with Crippen molar-refractivity contribution in [3.8, 4) is 17.0 Å². The van der Waals surface area contributed by atoms with Gasteiger partial charge in [-0.15, -0.1) is 0 Å². The SMILES string of the molecule is CCN1CCN(C(=O)c2ccc(Nc3ncc(F)c(-c4cc(F)c5c(c4)N(C(C)C)CCO5)n3)cc2F)CC1. The summed E-state index contributed by atoms with van der Waals surface area (Å²) in [4.78, 5) is 26.9. The Bertz CT molecular complexity index is 1380. The lowest BCUT2D eigenvalue weighted by Gasteiger charge is -2.34. The van der Waals surface area contributed by atoms with Crippen molar-refractivity contribution in [3.05, 3.63) is 59.5 Å². The van der Waals surface area contributed by atoms with Crippen molar-refractivity contribution >= 4 is 23.2 Å². The van der Waals surface area contributed by atoms with E-state index in [1.165, 1.54) is 18.2 Å². The Morgan fingerprint density at radius 1 is 1.03 bits per heavy atom. The van der Waals surface area contributed by atoms with Gasteiger partial charge in [-0.05, 0) is 50.7 Å². The van der Waals surface area contributed by atoms with E-state index in [4.69, 9.17) is 4.74 Å². The molecule has 1 fully saturated rings. The van der Waals surface area contributed by atoms with Crippen molar-refractivity contribution in [1.82, 2.24) is 19.8 Å². The summed E-state index contributed by atoms with van der Waals surface area (Å²) in [7, 11) is 0. The number of ether oxygens (including phenoxy) is 1. The number of likely N-dealkylation sites (N-methyl/N-ethyl adjacent to an activating group) is 1. The predicted molar refractivity (Wildman–Crippen MR) is 143 cm³/mol. The zero-order chi connectivity index (χ0) is 27.7. The topological polar surface area (TPSA) is 73.8 Å². The van der Waals surface area contributed by atoms with Crippen LogP contribution in [0.25, 0.3) is 11.3 Å². The Kier molecular flexibility index (Phi) is 7.60. The first kappa shape index (κ1) is 26.7. The molecule has 0 aliphatic carbocycles. The second-order valence-corrected chi connectivity index (χ2v) is 9.88. The summed E-state index contributed by atoms with van der Waals surface area (Å²) < 4.78 is 50.2. The van der Waals surface area contributed by atoms with Crippen LogP contribution in [-0.4, -0.2) is 77.6 Å². The number of halogens is 3. The molecule has 0 spiro atoms. The zero-order valence-corrected chi connectivity index (χ0v) is 22.2. The highest BCUT2D eigenvalue weighted by atomic mass is 19.1. The second-order valence-electron chi connectivity index (χ2n) is 9.88. The van der Waals surface area contributed by atoms with Crippen LogP contribution in [0, 0.1) is 17.5 Å². The first-order chi connectivity index (χ1) is 18.7. The first-order valence-electron chi connectivity index (χ1n) is 13.1. The number of anilines is 3. The van der Waals surface area contributed by atoms with Crippen LogP contribution in [0.15, 0.2) is 36.5 Å². The second kappa shape index (κ2) is 11.1. The number of hydrogen-bond donors (Lipinski definition) is 1. The Hall–Kier alpha value is -3.86. The first-order valence-corrected chi connectivity index (χ1v) is 13.1. The minimum Gasteiger partial charge on any atom is -0.486 e. The highest BCUT2D eigenvalue weighted by Crippen LogP contribution is 2.39. The molecule has 2 aliphatic rings. The van der Waals surface area contributed by atoms with E-state index in [2.05, 4.69) is 27.1 Å². The quantitative estimate of drug-likeness (QED) is 0.486. The van der Waals surface area contributed by atoms with E-state index in [-0.39, 0.29) is 46.2 Å². The number of nitrogens with one attached hydrogen (secondary N) is 1. The summed E-state index contributed by atoms with van der Waals surface area (Å²) in [5.41, 5.74) is 0.904. The molecule has 8 nitrogen and oxygen atoms in total. The number of piperazine rings is 1. The molecule has 5 rings (SSSR count). The van der Waals surface area contributed by atoms with Crippen LogP contribution in [0.5, 0.6) is 5.75 Å². The third kappa shape index (κ3) is 5.49. The Balaban J connectivity index is 1.37. The largest absolute Gasteiger partial charge is 0.486 e. The number of aromatic nitrogens is 2. The van der Waals surface area contributed by atoms with Crippen LogP contribution in [0.1, 0.15) is 31.1 Å². The van der Waals surface area contributed by atoms with Gasteiger partial charge in [-0.1, -0.05) is 6.92 Å². The molecule has 0 radical (unpaired) electrons. The van der Waals surface area contributed by atoms with Crippen LogP contribution in [0.3, 0.4) is 0 Å². The van der Waals surface area contributed by atoms with Crippen LogP contribution in [0.4, 0.5) is 30.5 Å². The van der Waals surface area contributed by atoms with Gasteiger partial charge in [0, 0.05) is 43.5 Å². The molecule has 39 heavy (non-hydrogen) atoms. The van der Waals surface area contributed by atoms with Gasteiger partial charge >= 0.3 is 0 Å². The van der Waals surface area contributed by atoms with Gasteiger partial charge in [-0.25, -0.2) is 23.1 Å². The van der Waals surface area contributed by atoms with Crippen molar-refractivity contribution in [1.29, 1.82) is 0 Å². The Morgan fingerprint density at radius 2 is 1.79 bits per heavy atom. The number of carbonyl (C=O) groups is 1. The molecule has 3 heterocycles. The van der Waals surface area contributed by atoms with E-state index in [1.54, 1.807) is 17.0 Å². The van der Waals surface area contributed by atoms with E-state index < -0.39 is 17.5 Å². The van der Waals surface area contributed by atoms with Gasteiger partial charge in [-0.2, -0.15) is 0 Å². The molecule has 1 aromatic heterocycles. The minimum atomic E-state index is -0.733. The molecule has 11 heteroatoms. The van der Waals surface area contributed by atoms with E-state index in [0.717, 1.165) is 25.8 Å². The van der Waals surface area contributed by atoms with Gasteiger partial charge in [-0.3, -0.25) is 4.79 Å². The van der Waals surface area contributed by atoms with Gasteiger partial charge in [0.2, 0.25) is 5.95 Å². The molecule has 3 aromatic rings. The Morgan fingerprint density at radius 3 is 2.49 bits per heavy atom. The fourth-order valence-electron chi connectivity index (χ4n) is 4.94. The average Bonchev–Trinajstić information content (AvgIpc) is 2.93. The van der Waals surface area contributed by atoms with Crippen molar-refractivity contribution in [2.75, 3.05) is 56.1 Å². The molecule has 2 aliphatic heterocycles. The molecular formula is C28H31F3N6O2. The molecule has 0 atom stereocenters. The van der Waals surface area contributed by atoms with Gasteiger partial charge in [0.1, 0.15) is 18.1 Å². The van der Waals surface area contributed by atoms with Crippen LogP contribution >= 0.6 is 0 Å². The van der Waals surface area contributed by atoms with Gasteiger partial charge in [0.15, 0.2) is 17.4 Å². The number of rotatable bonds is 6. The smallest absolute Gasteiger partial charge is 0.256 e. The lowest BCUT2D eigenvalue weighted by atomic mass is 10.1. The van der Waals surface area contributed by atoms with Crippen LogP contribution < -0.4 is 15.0 Å². The normalized spacial score (nSPS) is 15.8. The molecule has 206 valence electrons. The predicted octanol–water partition coefficient (Wildman–Crippen LogP) is 4.69. The van der Waals surface area contributed by atoms with Gasteiger partial charge in [0.25, 0.3) is 5.91 Å². The number of nitrogens with zero attached hydrogens (tertiary/aromatic N) is 5. The Labute approximate surface area is 225 Å². The molecule has 0 bridgehead atoms. The number of carbonyl (C=O) groups excluding carboxylic acids is 1.